The minimum atomic E-state index is -4.34. The summed E-state index contributed by atoms with van der Waals surface area (Å²) >= 11 is 5.89. The molecule has 1 atom stereocenters. The number of hydrogen-bond acceptors (Lipinski definition) is 4. The van der Waals surface area contributed by atoms with Crippen LogP contribution in [0.25, 0.3) is 0 Å². The fourth-order valence-corrected chi connectivity index (χ4v) is 2.18. The van der Waals surface area contributed by atoms with Crippen molar-refractivity contribution in [3.63, 3.8) is 0 Å². The molecule has 0 radical (unpaired) electrons. The Morgan fingerprint density at radius 2 is 2.12 bits per heavy atom. The molecule has 0 bridgehead atoms. The number of halogens is 4. The van der Waals surface area contributed by atoms with Crippen LogP contribution in [0.1, 0.15) is 24.5 Å². The smallest absolute Gasteiger partial charge is 0.396 e. The van der Waals surface area contributed by atoms with Gasteiger partial charge in [0, 0.05) is 25.0 Å². The molecule has 0 aliphatic rings. The van der Waals surface area contributed by atoms with E-state index in [1.807, 2.05) is 6.92 Å². The van der Waals surface area contributed by atoms with Gasteiger partial charge in [0.2, 0.25) is 0 Å². The first-order valence-corrected chi connectivity index (χ1v) is 7.79. The molecule has 0 aliphatic carbocycles. The summed E-state index contributed by atoms with van der Waals surface area (Å²) in [5.41, 5.74) is 1.53. The molecule has 0 saturated heterocycles. The Kier molecular flexibility index (Phi) is 6.28. The maximum Gasteiger partial charge on any atom is 0.408 e. The predicted octanol–water partition coefficient (Wildman–Crippen LogP) is 3.08. The molecular weight excluding hydrogens is 357 g/mol. The molecule has 0 aliphatic heterocycles. The molecule has 2 aromatic heterocycles. The van der Waals surface area contributed by atoms with Crippen molar-refractivity contribution in [2.24, 2.45) is 0 Å². The largest absolute Gasteiger partial charge is 0.408 e. The van der Waals surface area contributed by atoms with E-state index in [1.165, 1.54) is 18.6 Å². The van der Waals surface area contributed by atoms with Crippen LogP contribution in [0.3, 0.4) is 0 Å². The summed E-state index contributed by atoms with van der Waals surface area (Å²) in [5.74, 6) is 5.61. The lowest BCUT2D eigenvalue weighted by atomic mass is 10.2. The zero-order valence-electron chi connectivity index (χ0n) is 13.3. The van der Waals surface area contributed by atoms with Gasteiger partial charge in [0.05, 0.1) is 23.0 Å². The first-order chi connectivity index (χ1) is 11.8. The second-order valence-corrected chi connectivity index (χ2v) is 5.79. The number of anilines is 1. The zero-order chi connectivity index (χ0) is 18.4. The number of aliphatic hydroxyl groups excluding tert-OH is 1. The van der Waals surface area contributed by atoms with E-state index in [0.717, 1.165) is 4.68 Å². The van der Waals surface area contributed by atoms with Crippen LogP contribution in [0, 0.1) is 11.8 Å². The lowest BCUT2D eigenvalue weighted by Gasteiger charge is -2.15. The molecule has 25 heavy (non-hydrogen) atoms. The van der Waals surface area contributed by atoms with Gasteiger partial charge in [-0.25, -0.2) is 4.98 Å². The third-order valence-electron chi connectivity index (χ3n) is 3.15. The van der Waals surface area contributed by atoms with E-state index in [-0.39, 0.29) is 17.8 Å². The van der Waals surface area contributed by atoms with Gasteiger partial charge in [-0.2, -0.15) is 18.3 Å². The summed E-state index contributed by atoms with van der Waals surface area (Å²) in [4.78, 5) is 3.96. The average molecular weight is 373 g/mol. The van der Waals surface area contributed by atoms with Gasteiger partial charge in [-0.3, -0.25) is 4.68 Å². The number of aromatic nitrogens is 3. The average Bonchev–Trinajstić information content (AvgIpc) is 2.92. The zero-order valence-corrected chi connectivity index (χ0v) is 14.1. The summed E-state index contributed by atoms with van der Waals surface area (Å²) in [6.45, 7) is 0.762. The van der Waals surface area contributed by atoms with Crippen molar-refractivity contribution in [1.82, 2.24) is 14.8 Å². The van der Waals surface area contributed by atoms with E-state index in [2.05, 4.69) is 27.2 Å². The van der Waals surface area contributed by atoms with Gasteiger partial charge >= 0.3 is 6.18 Å². The minimum absolute atomic E-state index is 0.0152. The molecule has 5 nitrogen and oxygen atoms in total. The van der Waals surface area contributed by atoms with Gasteiger partial charge in [-0.1, -0.05) is 23.4 Å². The summed E-state index contributed by atoms with van der Waals surface area (Å²) in [6, 6.07) is 1.59. The maximum absolute atomic E-state index is 12.3. The summed E-state index contributed by atoms with van der Waals surface area (Å²) in [5, 5.41) is 16.1. The fraction of sp³-hybridized carbons (Fsp3) is 0.375. The predicted molar refractivity (Wildman–Crippen MR) is 88.3 cm³/mol. The van der Waals surface area contributed by atoms with E-state index in [9.17, 15) is 13.2 Å². The maximum atomic E-state index is 12.3. The number of pyridine rings is 1. The second kappa shape index (κ2) is 8.23. The highest BCUT2D eigenvalue weighted by Crippen LogP contribution is 2.20. The highest BCUT2D eigenvalue weighted by molar-refractivity contribution is 6.29. The number of rotatable bonds is 5. The van der Waals surface area contributed by atoms with Gasteiger partial charge in [-0.05, 0) is 19.4 Å². The third-order valence-corrected chi connectivity index (χ3v) is 3.36. The van der Waals surface area contributed by atoms with E-state index in [1.54, 1.807) is 6.07 Å². The molecule has 9 heteroatoms. The minimum Gasteiger partial charge on any atom is -0.396 e. The molecule has 0 aromatic carbocycles. The van der Waals surface area contributed by atoms with Crippen molar-refractivity contribution < 1.29 is 18.3 Å². The Hall–Kier alpha value is -2.24. The van der Waals surface area contributed by atoms with E-state index in [4.69, 9.17) is 16.7 Å². The lowest BCUT2D eigenvalue weighted by Crippen LogP contribution is -2.17. The molecule has 0 saturated carbocycles. The van der Waals surface area contributed by atoms with Gasteiger partial charge in [-0.15, -0.1) is 0 Å². The SMILES string of the molecule is C[C@H](CCO)Nc1cc(Cl)ncc1C#Cc1cnn(CC(F)(F)F)c1. The quantitative estimate of drug-likeness (QED) is 0.625. The van der Waals surface area contributed by atoms with Crippen LogP contribution < -0.4 is 5.32 Å². The molecule has 2 aromatic rings. The molecule has 2 N–H and O–H groups in total. The number of aliphatic hydroxyl groups is 1. The summed E-state index contributed by atoms with van der Waals surface area (Å²) < 4.78 is 37.8. The lowest BCUT2D eigenvalue weighted by molar-refractivity contribution is -0.142. The van der Waals surface area contributed by atoms with Gasteiger partial charge in [0.1, 0.15) is 11.7 Å². The first-order valence-electron chi connectivity index (χ1n) is 7.41. The van der Waals surface area contributed by atoms with E-state index < -0.39 is 12.7 Å². The van der Waals surface area contributed by atoms with Crippen molar-refractivity contribution >= 4 is 17.3 Å². The van der Waals surface area contributed by atoms with Crippen molar-refractivity contribution in [3.05, 3.63) is 40.9 Å². The molecule has 0 spiro atoms. The van der Waals surface area contributed by atoms with Crippen LogP contribution in [0.2, 0.25) is 5.15 Å². The molecule has 2 rings (SSSR count). The van der Waals surface area contributed by atoms with Crippen LogP contribution in [-0.2, 0) is 6.54 Å². The standard InChI is InChI=1S/C16H16ClF3N4O/c1-11(4-5-25)23-14-6-15(17)21-8-13(14)3-2-12-7-22-24(9-12)10-16(18,19)20/h6-9,11,25H,4-5,10H2,1H3,(H,21,23)/t11-/m1/s1. The van der Waals surface area contributed by atoms with Crippen LogP contribution >= 0.6 is 11.6 Å². The van der Waals surface area contributed by atoms with Crippen LogP contribution in [0.4, 0.5) is 18.9 Å². The fourth-order valence-electron chi connectivity index (χ4n) is 2.02. The molecule has 134 valence electrons. The first kappa shape index (κ1) is 19.1. The second-order valence-electron chi connectivity index (χ2n) is 5.40. The van der Waals surface area contributed by atoms with Crippen LogP contribution in [0.15, 0.2) is 24.7 Å². The summed E-state index contributed by atoms with van der Waals surface area (Å²) in [6.07, 6.45) is 0.173. The van der Waals surface area contributed by atoms with Gasteiger partial charge < -0.3 is 10.4 Å². The van der Waals surface area contributed by atoms with Crippen LogP contribution in [0.5, 0.6) is 0 Å². The molecule has 2 heterocycles. The number of hydrogen-bond donors (Lipinski definition) is 2. The molecular formula is C16H16ClF3N4O. The van der Waals surface area contributed by atoms with E-state index >= 15 is 0 Å². The summed E-state index contributed by atoms with van der Waals surface area (Å²) in [7, 11) is 0. The van der Waals surface area contributed by atoms with E-state index in [0.29, 0.717) is 23.2 Å². The van der Waals surface area contributed by atoms with Crippen molar-refractivity contribution in [2.45, 2.75) is 32.1 Å². The van der Waals surface area contributed by atoms with Crippen molar-refractivity contribution in [1.29, 1.82) is 0 Å². The third kappa shape index (κ3) is 6.29. The Bertz CT molecular complexity index is 780. The Labute approximate surface area is 147 Å². The van der Waals surface area contributed by atoms with Gasteiger partial charge in [0.15, 0.2) is 0 Å². The normalized spacial score (nSPS) is 12.4. The van der Waals surface area contributed by atoms with Crippen LogP contribution in [-0.4, -0.2) is 38.7 Å². The topological polar surface area (TPSA) is 63.0 Å². The Morgan fingerprint density at radius 3 is 2.80 bits per heavy atom. The van der Waals surface area contributed by atoms with Gasteiger partial charge in [0.25, 0.3) is 0 Å². The molecule has 0 fully saturated rings. The van der Waals surface area contributed by atoms with Crippen molar-refractivity contribution in [2.75, 3.05) is 11.9 Å². The van der Waals surface area contributed by atoms with Crippen molar-refractivity contribution in [3.8, 4) is 11.8 Å². The number of nitrogens with one attached hydrogen (secondary N) is 1. The highest BCUT2D eigenvalue weighted by Gasteiger charge is 2.28. The molecule has 0 amide bonds. The number of nitrogens with zero attached hydrogens (tertiary/aromatic N) is 3. The monoisotopic (exact) mass is 372 g/mol. The number of alkyl halides is 3. The molecule has 0 unspecified atom stereocenters. The highest BCUT2D eigenvalue weighted by atomic mass is 35.5. The Morgan fingerprint density at radius 1 is 1.36 bits per heavy atom. The Balaban J connectivity index is 2.19.